The topological polar surface area (TPSA) is 41.1 Å². The summed E-state index contributed by atoms with van der Waals surface area (Å²) >= 11 is 1.75. The van der Waals surface area contributed by atoms with Gasteiger partial charge in [0.25, 0.3) is 0 Å². The fourth-order valence-corrected chi connectivity index (χ4v) is 3.04. The largest absolute Gasteiger partial charge is 0.352 e. The summed E-state index contributed by atoms with van der Waals surface area (Å²) in [7, 11) is 0. The summed E-state index contributed by atoms with van der Waals surface area (Å²) in [6, 6.07) is 4.41. The van der Waals surface area contributed by atoms with Crippen LogP contribution in [0, 0.1) is 0 Å². The molecule has 2 rings (SSSR count). The van der Waals surface area contributed by atoms with Gasteiger partial charge in [-0.05, 0) is 37.8 Å². The third-order valence-corrected chi connectivity index (χ3v) is 4.00. The van der Waals surface area contributed by atoms with Crippen LogP contribution in [0.5, 0.6) is 0 Å². The number of carbonyl (C=O) groups is 1. The SMILES string of the molecule is CC(Cc1cccs1)NC(=O)[C@H]1CCCCN1. The number of amides is 1. The van der Waals surface area contributed by atoms with Crippen LogP contribution in [0.25, 0.3) is 0 Å². The Morgan fingerprint density at radius 3 is 3.18 bits per heavy atom. The van der Waals surface area contributed by atoms with Crippen molar-refractivity contribution >= 4 is 17.2 Å². The lowest BCUT2D eigenvalue weighted by Crippen LogP contribution is -2.49. The molecule has 1 aliphatic heterocycles. The van der Waals surface area contributed by atoms with Gasteiger partial charge >= 0.3 is 0 Å². The lowest BCUT2D eigenvalue weighted by atomic mass is 10.0. The average molecular weight is 252 g/mol. The third kappa shape index (κ3) is 3.82. The van der Waals surface area contributed by atoms with Crippen molar-refractivity contribution in [1.82, 2.24) is 10.6 Å². The van der Waals surface area contributed by atoms with Gasteiger partial charge in [0.1, 0.15) is 0 Å². The summed E-state index contributed by atoms with van der Waals surface area (Å²) in [6.07, 6.45) is 4.24. The van der Waals surface area contributed by atoms with Crippen LogP contribution in [0.1, 0.15) is 31.1 Å². The van der Waals surface area contributed by atoms with Crippen LogP contribution < -0.4 is 10.6 Å². The zero-order valence-corrected chi connectivity index (χ0v) is 11.1. The Labute approximate surface area is 107 Å². The Morgan fingerprint density at radius 2 is 2.53 bits per heavy atom. The molecule has 1 aromatic heterocycles. The zero-order chi connectivity index (χ0) is 12.1. The monoisotopic (exact) mass is 252 g/mol. The van der Waals surface area contributed by atoms with Gasteiger partial charge in [-0.25, -0.2) is 0 Å². The first kappa shape index (κ1) is 12.6. The molecule has 3 nitrogen and oxygen atoms in total. The molecule has 0 aliphatic carbocycles. The van der Waals surface area contributed by atoms with Gasteiger partial charge < -0.3 is 10.6 Å². The highest BCUT2D eigenvalue weighted by Crippen LogP contribution is 2.12. The molecule has 17 heavy (non-hydrogen) atoms. The number of hydrogen-bond acceptors (Lipinski definition) is 3. The fraction of sp³-hybridized carbons (Fsp3) is 0.615. The Bertz CT molecular complexity index is 344. The first-order chi connectivity index (χ1) is 8.25. The standard InChI is InChI=1S/C13H20N2OS/c1-10(9-11-5-4-8-17-11)15-13(16)12-6-2-3-7-14-12/h4-5,8,10,12,14H,2-3,6-7,9H2,1H3,(H,15,16)/t10?,12-/m1/s1. The van der Waals surface area contributed by atoms with Gasteiger partial charge in [0.05, 0.1) is 6.04 Å². The summed E-state index contributed by atoms with van der Waals surface area (Å²) in [6.45, 7) is 3.04. The molecule has 1 aliphatic rings. The van der Waals surface area contributed by atoms with Crippen molar-refractivity contribution in [1.29, 1.82) is 0 Å². The molecule has 0 saturated carbocycles. The molecule has 2 heterocycles. The third-order valence-electron chi connectivity index (χ3n) is 3.10. The number of rotatable bonds is 4. The van der Waals surface area contributed by atoms with E-state index in [2.05, 4.69) is 35.1 Å². The van der Waals surface area contributed by atoms with E-state index in [9.17, 15) is 4.79 Å². The van der Waals surface area contributed by atoms with E-state index in [0.29, 0.717) is 0 Å². The predicted molar refractivity (Wildman–Crippen MR) is 71.3 cm³/mol. The van der Waals surface area contributed by atoms with Gasteiger partial charge in [-0.1, -0.05) is 12.5 Å². The Morgan fingerprint density at radius 1 is 1.65 bits per heavy atom. The van der Waals surface area contributed by atoms with Crippen molar-refractivity contribution in [2.75, 3.05) is 6.54 Å². The molecule has 0 bridgehead atoms. The summed E-state index contributed by atoms with van der Waals surface area (Å²) in [5.41, 5.74) is 0. The highest BCUT2D eigenvalue weighted by Gasteiger charge is 2.21. The minimum absolute atomic E-state index is 0.0227. The summed E-state index contributed by atoms with van der Waals surface area (Å²) in [4.78, 5) is 13.3. The number of hydrogen-bond donors (Lipinski definition) is 2. The second-order valence-corrected chi connectivity index (χ2v) is 5.73. The Hall–Kier alpha value is -0.870. The molecular weight excluding hydrogens is 232 g/mol. The van der Waals surface area contributed by atoms with Gasteiger partial charge in [0, 0.05) is 17.3 Å². The summed E-state index contributed by atoms with van der Waals surface area (Å²) in [5.74, 6) is 0.161. The van der Waals surface area contributed by atoms with Gasteiger partial charge in [-0.15, -0.1) is 11.3 Å². The van der Waals surface area contributed by atoms with Crippen LogP contribution in [-0.2, 0) is 11.2 Å². The molecule has 0 spiro atoms. The normalized spacial score (nSPS) is 22.1. The highest BCUT2D eigenvalue weighted by atomic mass is 32.1. The molecule has 1 amide bonds. The Balaban J connectivity index is 1.77. The number of nitrogens with one attached hydrogen (secondary N) is 2. The summed E-state index contributed by atoms with van der Waals surface area (Å²) < 4.78 is 0. The van der Waals surface area contributed by atoms with Crippen LogP contribution in [0.4, 0.5) is 0 Å². The maximum Gasteiger partial charge on any atom is 0.237 e. The van der Waals surface area contributed by atoms with Crippen molar-refractivity contribution in [3.63, 3.8) is 0 Å². The van der Waals surface area contributed by atoms with Gasteiger partial charge in [0.15, 0.2) is 0 Å². The van der Waals surface area contributed by atoms with Crippen LogP contribution >= 0.6 is 11.3 Å². The molecule has 1 saturated heterocycles. The fourth-order valence-electron chi connectivity index (χ4n) is 2.20. The van der Waals surface area contributed by atoms with E-state index in [4.69, 9.17) is 0 Å². The maximum atomic E-state index is 12.0. The van der Waals surface area contributed by atoms with Crippen LogP contribution in [-0.4, -0.2) is 24.5 Å². The summed E-state index contributed by atoms with van der Waals surface area (Å²) in [5, 5.41) is 8.44. The van der Waals surface area contributed by atoms with E-state index < -0.39 is 0 Å². The van der Waals surface area contributed by atoms with Gasteiger partial charge in [0.2, 0.25) is 5.91 Å². The molecule has 2 N–H and O–H groups in total. The minimum Gasteiger partial charge on any atom is -0.352 e. The van der Waals surface area contributed by atoms with E-state index >= 15 is 0 Å². The minimum atomic E-state index is 0.0227. The molecule has 94 valence electrons. The second kappa shape index (κ2) is 6.17. The first-order valence-corrected chi connectivity index (χ1v) is 7.20. The zero-order valence-electron chi connectivity index (χ0n) is 10.2. The number of carbonyl (C=O) groups excluding carboxylic acids is 1. The van der Waals surface area contributed by atoms with Crippen LogP contribution in [0.15, 0.2) is 17.5 Å². The van der Waals surface area contributed by atoms with Crippen molar-refractivity contribution < 1.29 is 4.79 Å². The van der Waals surface area contributed by atoms with Crippen molar-refractivity contribution in [3.05, 3.63) is 22.4 Å². The quantitative estimate of drug-likeness (QED) is 0.860. The number of thiophene rings is 1. The maximum absolute atomic E-state index is 12.0. The molecular formula is C13H20N2OS. The first-order valence-electron chi connectivity index (χ1n) is 6.32. The second-order valence-electron chi connectivity index (χ2n) is 4.70. The van der Waals surface area contributed by atoms with E-state index in [1.54, 1.807) is 11.3 Å². The smallest absolute Gasteiger partial charge is 0.237 e. The van der Waals surface area contributed by atoms with E-state index in [1.807, 2.05) is 0 Å². The molecule has 0 aromatic carbocycles. The Kier molecular flexibility index (Phi) is 4.57. The molecule has 1 fully saturated rings. The van der Waals surface area contributed by atoms with Crippen LogP contribution in [0.3, 0.4) is 0 Å². The molecule has 2 atom stereocenters. The predicted octanol–water partition coefficient (Wildman–Crippen LogP) is 1.94. The average Bonchev–Trinajstić information content (AvgIpc) is 2.82. The molecule has 1 unspecified atom stereocenters. The van der Waals surface area contributed by atoms with Crippen LogP contribution in [0.2, 0.25) is 0 Å². The number of piperidine rings is 1. The van der Waals surface area contributed by atoms with Gasteiger partial charge in [-0.3, -0.25) is 4.79 Å². The lowest BCUT2D eigenvalue weighted by Gasteiger charge is -2.24. The van der Waals surface area contributed by atoms with Gasteiger partial charge in [-0.2, -0.15) is 0 Å². The molecule has 1 aromatic rings. The van der Waals surface area contributed by atoms with E-state index in [1.165, 1.54) is 11.3 Å². The van der Waals surface area contributed by atoms with E-state index in [-0.39, 0.29) is 18.0 Å². The van der Waals surface area contributed by atoms with Crippen molar-refractivity contribution in [3.8, 4) is 0 Å². The van der Waals surface area contributed by atoms with E-state index in [0.717, 1.165) is 25.8 Å². The lowest BCUT2D eigenvalue weighted by molar-refractivity contribution is -0.124. The van der Waals surface area contributed by atoms with Crippen molar-refractivity contribution in [2.24, 2.45) is 0 Å². The molecule has 4 heteroatoms. The molecule has 0 radical (unpaired) electrons. The van der Waals surface area contributed by atoms with Crippen molar-refractivity contribution in [2.45, 2.75) is 44.7 Å². The highest BCUT2D eigenvalue weighted by molar-refractivity contribution is 7.09.